The normalized spacial score (nSPS) is 9.91. The molecule has 65 valence electrons. The molecule has 0 saturated heterocycles. The average Bonchev–Trinajstić information content (AvgIpc) is 2.03. The Hall–Kier alpha value is 0.0200. The van der Waals surface area contributed by atoms with Crippen molar-refractivity contribution in [3.05, 3.63) is 0 Å². The Morgan fingerprint density at radius 2 is 1.73 bits per heavy atom. The van der Waals surface area contributed by atoms with Crippen LogP contribution in [0.3, 0.4) is 0 Å². The van der Waals surface area contributed by atoms with E-state index in [1.165, 1.54) is 31.4 Å². The number of hydrogen-bond acceptors (Lipinski definition) is 2. The topological polar surface area (TPSA) is 17.1 Å². The van der Waals surface area contributed by atoms with Crippen LogP contribution in [0.2, 0.25) is 0 Å². The highest BCUT2D eigenvalue weighted by Gasteiger charge is 1.89. The van der Waals surface area contributed by atoms with Crippen molar-refractivity contribution in [2.75, 3.05) is 12.0 Å². The second-order valence-electron chi connectivity index (χ2n) is 2.65. The van der Waals surface area contributed by atoms with Crippen molar-refractivity contribution in [1.29, 1.82) is 0 Å². The van der Waals surface area contributed by atoms with Gasteiger partial charge in [-0.05, 0) is 24.9 Å². The van der Waals surface area contributed by atoms with Crippen LogP contribution in [-0.2, 0) is 4.79 Å². The summed E-state index contributed by atoms with van der Waals surface area (Å²) in [4.78, 5) is 9.81. The molecule has 0 saturated carbocycles. The van der Waals surface area contributed by atoms with E-state index in [4.69, 9.17) is 0 Å². The Morgan fingerprint density at radius 1 is 1.09 bits per heavy atom. The monoisotopic (exact) mass is 173 g/mol. The van der Waals surface area contributed by atoms with E-state index in [2.05, 4.69) is 6.26 Å². The molecule has 0 heterocycles. The van der Waals surface area contributed by atoms with Crippen LogP contribution in [0.15, 0.2) is 0 Å². The molecule has 2 heteroatoms. The van der Waals surface area contributed by atoms with Gasteiger partial charge in [-0.2, -0.15) is 11.8 Å². The minimum atomic E-state index is 0.628. The van der Waals surface area contributed by atoms with Gasteiger partial charge in [0.15, 0.2) is 6.29 Å². The molecular weight excluding hydrogens is 156 g/mol. The predicted molar refractivity (Wildman–Crippen MR) is 51.8 cm³/mol. The number of carbonyl (C=O) groups excluding carboxylic acids is 1. The van der Waals surface area contributed by atoms with Gasteiger partial charge < -0.3 is 0 Å². The van der Waals surface area contributed by atoms with Crippen LogP contribution in [0.4, 0.5) is 0 Å². The molecule has 0 atom stereocenters. The Labute approximate surface area is 73.9 Å². The van der Waals surface area contributed by atoms with Gasteiger partial charge in [0.25, 0.3) is 0 Å². The SMILES string of the molecule is CSCCCCCCC[C]=O. The first kappa shape index (κ1) is 11.0. The molecule has 0 aromatic rings. The Kier molecular flexibility index (Phi) is 10.0. The minimum Gasteiger partial charge on any atom is -0.291 e. The third kappa shape index (κ3) is 10.0. The lowest BCUT2D eigenvalue weighted by Gasteiger charge is -1.97. The van der Waals surface area contributed by atoms with Gasteiger partial charge in [-0.25, -0.2) is 0 Å². The molecule has 0 bridgehead atoms. The van der Waals surface area contributed by atoms with Gasteiger partial charge in [-0.15, -0.1) is 0 Å². The highest BCUT2D eigenvalue weighted by atomic mass is 32.2. The number of unbranched alkanes of at least 4 members (excludes halogenated alkanes) is 5. The first-order valence-corrected chi connectivity index (χ1v) is 5.65. The maximum absolute atomic E-state index is 9.81. The summed E-state index contributed by atoms with van der Waals surface area (Å²) >= 11 is 1.91. The summed E-state index contributed by atoms with van der Waals surface area (Å²) in [5.41, 5.74) is 0. The van der Waals surface area contributed by atoms with Crippen LogP contribution in [-0.4, -0.2) is 18.3 Å². The lowest BCUT2D eigenvalue weighted by Crippen LogP contribution is -1.82. The van der Waals surface area contributed by atoms with E-state index >= 15 is 0 Å². The maximum Gasteiger partial charge on any atom is 0.198 e. The van der Waals surface area contributed by atoms with Crippen molar-refractivity contribution in [3.8, 4) is 0 Å². The summed E-state index contributed by atoms with van der Waals surface area (Å²) in [7, 11) is 0. The highest BCUT2D eigenvalue weighted by Crippen LogP contribution is 2.06. The van der Waals surface area contributed by atoms with E-state index in [0.717, 1.165) is 6.42 Å². The molecular formula is C9H17OS. The fourth-order valence-electron chi connectivity index (χ4n) is 0.974. The van der Waals surface area contributed by atoms with E-state index in [-0.39, 0.29) is 0 Å². The van der Waals surface area contributed by atoms with Crippen LogP contribution >= 0.6 is 11.8 Å². The van der Waals surface area contributed by atoms with Crippen LogP contribution < -0.4 is 0 Å². The lowest BCUT2D eigenvalue weighted by molar-refractivity contribution is 0.543. The maximum atomic E-state index is 9.81. The third-order valence-corrected chi connectivity index (χ3v) is 2.32. The standard InChI is InChI=1S/C9H17OS/c1-11-9-7-5-3-2-4-6-8-10/h2-7,9H2,1H3. The van der Waals surface area contributed by atoms with Gasteiger partial charge in [-0.3, -0.25) is 4.79 Å². The fraction of sp³-hybridized carbons (Fsp3) is 0.889. The lowest BCUT2D eigenvalue weighted by atomic mass is 10.1. The molecule has 0 aromatic carbocycles. The number of rotatable bonds is 8. The van der Waals surface area contributed by atoms with Crippen molar-refractivity contribution >= 4 is 18.0 Å². The molecule has 0 fully saturated rings. The predicted octanol–water partition coefficient (Wildman–Crippen LogP) is 2.80. The van der Waals surface area contributed by atoms with E-state index in [0.29, 0.717) is 6.42 Å². The van der Waals surface area contributed by atoms with Gasteiger partial charge in [0.05, 0.1) is 0 Å². The first-order valence-electron chi connectivity index (χ1n) is 4.25. The second kappa shape index (κ2) is 10.0. The minimum absolute atomic E-state index is 0.628. The summed E-state index contributed by atoms with van der Waals surface area (Å²) in [6.07, 6.45) is 10.8. The highest BCUT2D eigenvalue weighted by molar-refractivity contribution is 7.98. The van der Waals surface area contributed by atoms with Crippen LogP contribution in [0, 0.1) is 0 Å². The largest absolute Gasteiger partial charge is 0.291 e. The second-order valence-corrected chi connectivity index (χ2v) is 3.64. The fourth-order valence-corrected chi connectivity index (χ4v) is 1.47. The van der Waals surface area contributed by atoms with Gasteiger partial charge in [0.1, 0.15) is 0 Å². The van der Waals surface area contributed by atoms with E-state index in [9.17, 15) is 4.79 Å². The van der Waals surface area contributed by atoms with Crippen molar-refractivity contribution in [2.24, 2.45) is 0 Å². The molecule has 0 aliphatic carbocycles. The molecule has 0 unspecified atom stereocenters. The molecule has 0 aromatic heterocycles. The Morgan fingerprint density at radius 3 is 2.36 bits per heavy atom. The summed E-state index contributed by atoms with van der Waals surface area (Å²) in [6, 6.07) is 0. The summed E-state index contributed by atoms with van der Waals surface area (Å²) in [5, 5.41) is 0. The van der Waals surface area contributed by atoms with E-state index in [1.807, 2.05) is 18.0 Å². The van der Waals surface area contributed by atoms with Gasteiger partial charge in [0.2, 0.25) is 0 Å². The van der Waals surface area contributed by atoms with Gasteiger partial charge in [0, 0.05) is 6.42 Å². The zero-order valence-corrected chi connectivity index (χ0v) is 8.08. The first-order chi connectivity index (χ1) is 5.41. The molecule has 0 rings (SSSR count). The van der Waals surface area contributed by atoms with Crippen LogP contribution in [0.25, 0.3) is 0 Å². The van der Waals surface area contributed by atoms with Crippen molar-refractivity contribution < 1.29 is 4.79 Å². The van der Waals surface area contributed by atoms with Crippen molar-refractivity contribution in [2.45, 2.75) is 38.5 Å². The number of hydrogen-bond donors (Lipinski definition) is 0. The van der Waals surface area contributed by atoms with E-state index in [1.54, 1.807) is 0 Å². The molecule has 11 heavy (non-hydrogen) atoms. The van der Waals surface area contributed by atoms with Crippen molar-refractivity contribution in [1.82, 2.24) is 0 Å². The zero-order chi connectivity index (χ0) is 8.36. The molecule has 0 aliphatic rings. The molecule has 0 amide bonds. The molecule has 0 aliphatic heterocycles. The molecule has 0 N–H and O–H groups in total. The quantitative estimate of drug-likeness (QED) is 0.525. The molecule has 1 radical (unpaired) electrons. The van der Waals surface area contributed by atoms with Gasteiger partial charge >= 0.3 is 0 Å². The van der Waals surface area contributed by atoms with E-state index < -0.39 is 0 Å². The summed E-state index contributed by atoms with van der Waals surface area (Å²) < 4.78 is 0. The number of thioether (sulfide) groups is 1. The summed E-state index contributed by atoms with van der Waals surface area (Å²) in [5.74, 6) is 1.28. The zero-order valence-electron chi connectivity index (χ0n) is 7.27. The average molecular weight is 173 g/mol. The Balaban J connectivity index is 2.74. The summed E-state index contributed by atoms with van der Waals surface area (Å²) in [6.45, 7) is 0. The van der Waals surface area contributed by atoms with Crippen molar-refractivity contribution in [3.63, 3.8) is 0 Å². The Bertz CT molecular complexity index is 83.6. The van der Waals surface area contributed by atoms with Gasteiger partial charge in [-0.1, -0.05) is 19.3 Å². The third-order valence-electron chi connectivity index (χ3n) is 1.63. The molecule has 0 spiro atoms. The van der Waals surface area contributed by atoms with Crippen LogP contribution in [0.5, 0.6) is 0 Å². The van der Waals surface area contributed by atoms with Crippen LogP contribution in [0.1, 0.15) is 38.5 Å². The smallest absolute Gasteiger partial charge is 0.198 e. The molecule has 1 nitrogen and oxygen atoms in total.